The second kappa shape index (κ2) is 5.09. The average molecular weight is 270 g/mol. The Kier molecular flexibility index (Phi) is 3.28. The number of hydrogen-bond donors (Lipinski definition) is 2. The highest BCUT2D eigenvalue weighted by molar-refractivity contribution is 5.97. The zero-order chi connectivity index (χ0) is 14.0. The van der Waals surface area contributed by atoms with Crippen LogP contribution in [0, 0.1) is 5.41 Å². The lowest BCUT2D eigenvalue weighted by atomic mass is 10.1. The van der Waals surface area contributed by atoms with Crippen LogP contribution in [0.15, 0.2) is 42.7 Å². The van der Waals surface area contributed by atoms with Crippen LogP contribution in [0.4, 0.5) is 5.69 Å². The molecule has 5 heteroatoms. The van der Waals surface area contributed by atoms with E-state index in [0.717, 1.165) is 18.5 Å². The number of nitrogens with zero attached hydrogens (tertiary/aromatic N) is 2. The van der Waals surface area contributed by atoms with Crippen molar-refractivity contribution in [2.45, 2.75) is 19.4 Å². The molecular weight excluding hydrogens is 252 g/mol. The van der Waals surface area contributed by atoms with Crippen LogP contribution in [0.3, 0.4) is 0 Å². The molecule has 3 N–H and O–H groups in total. The number of aromatic nitrogens is 2. The van der Waals surface area contributed by atoms with Gasteiger partial charge in [-0.05, 0) is 18.4 Å². The van der Waals surface area contributed by atoms with Crippen molar-refractivity contribution in [1.82, 2.24) is 9.78 Å². The quantitative estimate of drug-likeness (QED) is 0.867. The second-order valence-corrected chi connectivity index (χ2v) is 5.35. The van der Waals surface area contributed by atoms with Crippen LogP contribution in [-0.4, -0.2) is 22.2 Å². The molecule has 0 aliphatic heterocycles. The molecule has 20 heavy (non-hydrogen) atoms. The van der Waals surface area contributed by atoms with Gasteiger partial charge in [0.2, 0.25) is 5.91 Å². The topological polar surface area (TPSA) is 72.9 Å². The summed E-state index contributed by atoms with van der Waals surface area (Å²) in [6, 6.07) is 10.1. The molecule has 1 aliphatic carbocycles. The van der Waals surface area contributed by atoms with E-state index < -0.39 is 0 Å². The summed E-state index contributed by atoms with van der Waals surface area (Å²) >= 11 is 0. The number of nitrogens with two attached hydrogens (primary N) is 1. The Morgan fingerprint density at radius 3 is 2.75 bits per heavy atom. The summed E-state index contributed by atoms with van der Waals surface area (Å²) in [5, 5.41) is 7.16. The number of amides is 1. The molecule has 104 valence electrons. The van der Waals surface area contributed by atoms with E-state index in [2.05, 4.69) is 10.4 Å². The molecule has 1 aliphatic rings. The highest BCUT2D eigenvalue weighted by Crippen LogP contribution is 2.45. The van der Waals surface area contributed by atoms with Gasteiger partial charge in [0.15, 0.2) is 0 Å². The first-order valence-electron chi connectivity index (χ1n) is 6.80. The second-order valence-electron chi connectivity index (χ2n) is 5.35. The standard InChI is InChI=1S/C15H18N4O/c16-11-15(6-7-15)14(20)18-13-8-17-19(10-13)9-12-4-2-1-3-5-12/h1-5,8,10H,6-7,9,11,16H2,(H,18,20). The maximum atomic E-state index is 12.1. The third-order valence-corrected chi connectivity index (χ3v) is 3.80. The van der Waals surface area contributed by atoms with Gasteiger partial charge in [0.1, 0.15) is 0 Å². The molecule has 5 nitrogen and oxygen atoms in total. The van der Waals surface area contributed by atoms with Crippen molar-refractivity contribution in [2.24, 2.45) is 11.1 Å². The van der Waals surface area contributed by atoms with Crippen molar-refractivity contribution < 1.29 is 4.79 Å². The number of rotatable bonds is 5. The molecule has 0 unspecified atom stereocenters. The molecule has 1 fully saturated rings. The Bertz CT molecular complexity index is 601. The van der Waals surface area contributed by atoms with Crippen molar-refractivity contribution in [3.05, 3.63) is 48.3 Å². The molecule has 3 rings (SSSR count). The zero-order valence-corrected chi connectivity index (χ0v) is 11.2. The average Bonchev–Trinajstić information content (AvgIpc) is 3.17. The maximum absolute atomic E-state index is 12.1. The molecule has 0 radical (unpaired) electrons. The van der Waals surface area contributed by atoms with Crippen molar-refractivity contribution in [1.29, 1.82) is 0 Å². The van der Waals surface area contributed by atoms with Gasteiger partial charge in [-0.1, -0.05) is 30.3 Å². The largest absolute Gasteiger partial charge is 0.329 e. The van der Waals surface area contributed by atoms with Crippen LogP contribution in [0.2, 0.25) is 0 Å². The fourth-order valence-electron chi connectivity index (χ4n) is 2.22. The van der Waals surface area contributed by atoms with Gasteiger partial charge < -0.3 is 11.1 Å². The molecule has 1 aromatic heterocycles. The Hall–Kier alpha value is -2.14. The molecule has 1 saturated carbocycles. The van der Waals surface area contributed by atoms with Gasteiger partial charge in [-0.15, -0.1) is 0 Å². The number of anilines is 1. The number of carbonyl (C=O) groups is 1. The SMILES string of the molecule is NCC1(C(=O)Nc2cnn(Cc3ccccc3)c2)CC1. The first-order chi connectivity index (χ1) is 9.72. The first-order valence-corrected chi connectivity index (χ1v) is 6.80. The van der Waals surface area contributed by atoms with Gasteiger partial charge in [-0.3, -0.25) is 9.48 Å². The van der Waals surface area contributed by atoms with Crippen LogP contribution in [0.25, 0.3) is 0 Å². The highest BCUT2D eigenvalue weighted by atomic mass is 16.2. The Labute approximate surface area is 117 Å². The van der Waals surface area contributed by atoms with Crippen LogP contribution in [-0.2, 0) is 11.3 Å². The number of nitrogens with one attached hydrogen (secondary N) is 1. The third kappa shape index (κ3) is 2.58. The third-order valence-electron chi connectivity index (χ3n) is 3.80. The summed E-state index contributed by atoms with van der Waals surface area (Å²) in [6.07, 6.45) is 5.28. The smallest absolute Gasteiger partial charge is 0.231 e. The van der Waals surface area contributed by atoms with Gasteiger partial charge in [0, 0.05) is 12.7 Å². The molecule has 0 saturated heterocycles. The van der Waals surface area contributed by atoms with Crippen molar-refractivity contribution in [3.63, 3.8) is 0 Å². The predicted molar refractivity (Wildman–Crippen MR) is 77.1 cm³/mol. The Morgan fingerprint density at radius 1 is 1.35 bits per heavy atom. The van der Waals surface area contributed by atoms with E-state index in [1.54, 1.807) is 6.20 Å². The molecule has 0 bridgehead atoms. The molecule has 1 aromatic carbocycles. The molecular formula is C15H18N4O. The van der Waals surface area contributed by atoms with Crippen molar-refractivity contribution >= 4 is 11.6 Å². The summed E-state index contributed by atoms with van der Waals surface area (Å²) in [7, 11) is 0. The van der Waals surface area contributed by atoms with E-state index >= 15 is 0 Å². The number of benzene rings is 1. The number of carbonyl (C=O) groups excluding carboxylic acids is 1. The summed E-state index contributed by atoms with van der Waals surface area (Å²) in [5.41, 5.74) is 7.22. The zero-order valence-electron chi connectivity index (χ0n) is 11.2. The van der Waals surface area contributed by atoms with Crippen molar-refractivity contribution in [3.8, 4) is 0 Å². The fourth-order valence-corrected chi connectivity index (χ4v) is 2.22. The first kappa shape index (κ1) is 12.9. The lowest BCUT2D eigenvalue weighted by Gasteiger charge is -2.10. The van der Waals surface area contributed by atoms with Gasteiger partial charge in [-0.2, -0.15) is 5.10 Å². The molecule has 0 spiro atoms. The minimum absolute atomic E-state index is 0.0132. The monoisotopic (exact) mass is 270 g/mol. The molecule has 2 aromatic rings. The molecule has 1 amide bonds. The Morgan fingerprint density at radius 2 is 2.10 bits per heavy atom. The molecule has 1 heterocycles. The summed E-state index contributed by atoms with van der Waals surface area (Å²) < 4.78 is 1.81. The normalized spacial score (nSPS) is 15.8. The van der Waals surface area contributed by atoms with E-state index in [4.69, 9.17) is 5.73 Å². The predicted octanol–water partition coefficient (Wildman–Crippen LogP) is 1.61. The van der Waals surface area contributed by atoms with Crippen LogP contribution in [0.1, 0.15) is 18.4 Å². The fraction of sp³-hybridized carbons (Fsp3) is 0.333. The van der Waals surface area contributed by atoms with Crippen molar-refractivity contribution in [2.75, 3.05) is 11.9 Å². The van der Waals surface area contributed by atoms with E-state index in [0.29, 0.717) is 13.1 Å². The summed E-state index contributed by atoms with van der Waals surface area (Å²) in [6.45, 7) is 1.11. The van der Waals surface area contributed by atoms with Crippen LogP contribution < -0.4 is 11.1 Å². The lowest BCUT2D eigenvalue weighted by molar-refractivity contribution is -0.120. The minimum atomic E-state index is -0.332. The van der Waals surface area contributed by atoms with E-state index in [9.17, 15) is 4.79 Å². The van der Waals surface area contributed by atoms with E-state index in [-0.39, 0.29) is 11.3 Å². The number of hydrogen-bond acceptors (Lipinski definition) is 3. The van der Waals surface area contributed by atoms with Crippen LogP contribution in [0.5, 0.6) is 0 Å². The minimum Gasteiger partial charge on any atom is -0.329 e. The van der Waals surface area contributed by atoms with Gasteiger partial charge in [0.05, 0.1) is 23.8 Å². The lowest BCUT2D eigenvalue weighted by Crippen LogP contribution is -2.30. The maximum Gasteiger partial charge on any atom is 0.231 e. The van der Waals surface area contributed by atoms with Crippen LogP contribution >= 0.6 is 0 Å². The van der Waals surface area contributed by atoms with E-state index in [1.807, 2.05) is 41.2 Å². The highest BCUT2D eigenvalue weighted by Gasteiger charge is 2.48. The molecule has 0 atom stereocenters. The van der Waals surface area contributed by atoms with Gasteiger partial charge >= 0.3 is 0 Å². The summed E-state index contributed by atoms with van der Waals surface area (Å²) in [5.74, 6) is 0.0132. The summed E-state index contributed by atoms with van der Waals surface area (Å²) in [4.78, 5) is 12.1. The van der Waals surface area contributed by atoms with E-state index in [1.165, 1.54) is 5.56 Å². The Balaban J connectivity index is 1.64. The van der Waals surface area contributed by atoms with Gasteiger partial charge in [0.25, 0.3) is 0 Å². The van der Waals surface area contributed by atoms with Gasteiger partial charge in [-0.25, -0.2) is 0 Å².